The minimum Gasteiger partial charge on any atom is -0.345 e. The third-order valence-corrected chi connectivity index (χ3v) is 3.35. The Balaban J connectivity index is 1.86. The second kappa shape index (κ2) is 4.94. The van der Waals surface area contributed by atoms with Crippen molar-refractivity contribution in [3.8, 4) is 0 Å². The van der Waals surface area contributed by atoms with Gasteiger partial charge in [-0.05, 0) is 36.8 Å². The van der Waals surface area contributed by atoms with Crippen LogP contribution in [0.25, 0.3) is 11.0 Å². The molecule has 0 saturated heterocycles. The summed E-state index contributed by atoms with van der Waals surface area (Å²) in [5.41, 5.74) is 3.62. The number of carbonyl (C=O) groups is 1. The van der Waals surface area contributed by atoms with Crippen LogP contribution in [0.3, 0.4) is 0 Å². The van der Waals surface area contributed by atoms with Gasteiger partial charge in [-0.2, -0.15) is 0 Å². The molecule has 0 atom stereocenters. The summed E-state index contributed by atoms with van der Waals surface area (Å²) in [6.45, 7) is 1.83. The number of amides is 1. The molecule has 2 N–H and O–H groups in total. The van der Waals surface area contributed by atoms with Crippen molar-refractivity contribution >= 4 is 34.2 Å². The highest BCUT2D eigenvalue weighted by Gasteiger charge is 2.09. The Morgan fingerprint density at radius 3 is 2.95 bits per heavy atom. The van der Waals surface area contributed by atoms with Gasteiger partial charge in [-0.3, -0.25) is 4.79 Å². The molecule has 0 unspecified atom stereocenters. The smallest absolute Gasteiger partial charge is 0.255 e. The summed E-state index contributed by atoms with van der Waals surface area (Å²) in [5, 5.41) is 3.22. The van der Waals surface area contributed by atoms with Crippen LogP contribution in [0.4, 0.5) is 5.69 Å². The molecule has 2 heterocycles. The number of aryl methyl sites for hydroxylation is 1. The molecule has 0 aliphatic rings. The normalized spacial score (nSPS) is 10.7. The molecule has 20 heavy (non-hydrogen) atoms. The number of pyridine rings is 1. The lowest BCUT2D eigenvalue weighted by atomic mass is 10.2. The van der Waals surface area contributed by atoms with Gasteiger partial charge in [-0.25, -0.2) is 9.97 Å². The molecule has 3 rings (SSSR count). The lowest BCUT2D eigenvalue weighted by molar-refractivity contribution is 0.102. The number of carbonyl (C=O) groups excluding carboxylic acids is 1. The Hall–Kier alpha value is -2.40. The third kappa shape index (κ3) is 2.35. The average Bonchev–Trinajstić information content (AvgIpc) is 2.90. The zero-order valence-electron chi connectivity index (χ0n) is 10.6. The molecule has 1 aromatic carbocycles. The second-order valence-electron chi connectivity index (χ2n) is 4.42. The Kier molecular flexibility index (Phi) is 3.12. The van der Waals surface area contributed by atoms with Crippen molar-refractivity contribution in [2.24, 2.45) is 0 Å². The minimum atomic E-state index is -0.204. The molecule has 2 aromatic heterocycles. The molecular weight excluding hydrogens is 276 g/mol. The van der Waals surface area contributed by atoms with Crippen molar-refractivity contribution in [2.45, 2.75) is 6.92 Å². The fraction of sp³-hybridized carbons (Fsp3) is 0.0714. The summed E-state index contributed by atoms with van der Waals surface area (Å²) in [5.74, 6) is -0.204. The molecule has 0 fully saturated rings. The van der Waals surface area contributed by atoms with Crippen LogP contribution in [-0.2, 0) is 0 Å². The Labute approximate surface area is 120 Å². The number of anilines is 1. The summed E-state index contributed by atoms with van der Waals surface area (Å²) >= 11 is 5.85. The number of aromatic amines is 1. The van der Waals surface area contributed by atoms with Crippen molar-refractivity contribution in [1.29, 1.82) is 0 Å². The van der Waals surface area contributed by atoms with Gasteiger partial charge in [-0.15, -0.1) is 0 Å². The van der Waals surface area contributed by atoms with Gasteiger partial charge >= 0.3 is 0 Å². The highest BCUT2D eigenvalue weighted by atomic mass is 35.5. The number of H-pyrrole nitrogens is 1. The maximum Gasteiger partial charge on any atom is 0.255 e. The first kappa shape index (κ1) is 12.6. The van der Waals surface area contributed by atoms with Gasteiger partial charge in [0.2, 0.25) is 0 Å². The molecule has 5 nitrogen and oxygen atoms in total. The summed E-state index contributed by atoms with van der Waals surface area (Å²) < 4.78 is 0. The van der Waals surface area contributed by atoms with E-state index in [1.165, 1.54) is 6.20 Å². The van der Waals surface area contributed by atoms with Gasteiger partial charge in [0.05, 0.1) is 29.2 Å². The predicted molar refractivity (Wildman–Crippen MR) is 78.0 cm³/mol. The van der Waals surface area contributed by atoms with E-state index >= 15 is 0 Å². The highest BCUT2D eigenvalue weighted by molar-refractivity contribution is 6.30. The zero-order chi connectivity index (χ0) is 14.1. The lowest BCUT2D eigenvalue weighted by Gasteiger charge is -2.06. The van der Waals surface area contributed by atoms with Crippen LogP contribution in [0.2, 0.25) is 5.15 Å². The number of nitrogens with zero attached hydrogens (tertiary/aromatic N) is 2. The van der Waals surface area contributed by atoms with Crippen molar-refractivity contribution < 1.29 is 4.79 Å². The topological polar surface area (TPSA) is 70.7 Å². The number of rotatable bonds is 2. The fourth-order valence-corrected chi connectivity index (χ4v) is 2.01. The molecule has 0 aliphatic heterocycles. The number of fused-ring (bicyclic) bond motifs is 1. The molecule has 3 aromatic rings. The van der Waals surface area contributed by atoms with Crippen molar-refractivity contribution in [3.05, 3.63) is 53.1 Å². The maximum atomic E-state index is 12.2. The van der Waals surface area contributed by atoms with Crippen molar-refractivity contribution in [2.75, 3.05) is 5.32 Å². The van der Waals surface area contributed by atoms with Gasteiger partial charge in [-0.1, -0.05) is 11.6 Å². The minimum absolute atomic E-state index is 0.204. The van der Waals surface area contributed by atoms with Crippen LogP contribution in [0.5, 0.6) is 0 Å². The second-order valence-corrected chi connectivity index (χ2v) is 4.78. The standard InChI is InChI=1S/C14H11ClN4O/c1-8-4-10(6-16-13(8)15)19-14(20)9-2-3-11-12(5-9)18-7-17-11/h2-7H,1H3,(H,17,18)(H,19,20). The lowest BCUT2D eigenvalue weighted by Crippen LogP contribution is -2.12. The monoisotopic (exact) mass is 286 g/mol. The van der Waals surface area contributed by atoms with Gasteiger partial charge in [0.1, 0.15) is 5.15 Å². The van der Waals surface area contributed by atoms with Gasteiger partial charge in [0.25, 0.3) is 5.91 Å². The molecule has 1 amide bonds. The number of aromatic nitrogens is 3. The predicted octanol–water partition coefficient (Wildman–Crippen LogP) is 3.17. The molecular formula is C14H11ClN4O. The molecule has 0 radical (unpaired) electrons. The molecule has 100 valence electrons. The van der Waals surface area contributed by atoms with E-state index in [9.17, 15) is 4.79 Å². The summed E-state index contributed by atoms with van der Waals surface area (Å²) in [6.07, 6.45) is 3.13. The van der Waals surface area contributed by atoms with Gasteiger partial charge < -0.3 is 10.3 Å². The number of nitrogens with one attached hydrogen (secondary N) is 2. The zero-order valence-corrected chi connectivity index (χ0v) is 11.4. The van der Waals surface area contributed by atoms with E-state index in [2.05, 4.69) is 20.3 Å². The Morgan fingerprint density at radius 1 is 1.30 bits per heavy atom. The Morgan fingerprint density at radius 2 is 2.15 bits per heavy atom. The van der Waals surface area contributed by atoms with E-state index in [1.807, 2.05) is 6.92 Å². The first-order chi connectivity index (χ1) is 9.63. The Bertz CT molecular complexity index is 797. The van der Waals surface area contributed by atoms with Crippen LogP contribution in [0.1, 0.15) is 15.9 Å². The third-order valence-electron chi connectivity index (χ3n) is 2.95. The summed E-state index contributed by atoms with van der Waals surface area (Å²) in [6, 6.07) is 7.07. The van der Waals surface area contributed by atoms with E-state index in [0.717, 1.165) is 16.6 Å². The summed E-state index contributed by atoms with van der Waals surface area (Å²) in [7, 11) is 0. The summed E-state index contributed by atoms with van der Waals surface area (Å²) in [4.78, 5) is 23.3. The molecule has 0 bridgehead atoms. The van der Waals surface area contributed by atoms with Crippen molar-refractivity contribution in [3.63, 3.8) is 0 Å². The fourth-order valence-electron chi connectivity index (χ4n) is 1.91. The number of hydrogen-bond acceptors (Lipinski definition) is 3. The number of benzene rings is 1. The van der Waals surface area contributed by atoms with Gasteiger partial charge in [0, 0.05) is 5.56 Å². The SMILES string of the molecule is Cc1cc(NC(=O)c2ccc3nc[nH]c3c2)cnc1Cl. The van der Waals surface area contributed by atoms with E-state index in [-0.39, 0.29) is 5.91 Å². The van der Waals surface area contributed by atoms with Crippen LogP contribution < -0.4 is 5.32 Å². The molecule has 0 aliphatic carbocycles. The van der Waals surface area contributed by atoms with E-state index in [4.69, 9.17) is 11.6 Å². The number of halogens is 1. The number of imidazole rings is 1. The van der Waals surface area contributed by atoms with Crippen LogP contribution in [0.15, 0.2) is 36.8 Å². The molecule has 6 heteroatoms. The first-order valence-electron chi connectivity index (χ1n) is 6.00. The first-order valence-corrected chi connectivity index (χ1v) is 6.38. The van der Waals surface area contributed by atoms with E-state index < -0.39 is 0 Å². The highest BCUT2D eigenvalue weighted by Crippen LogP contribution is 2.18. The van der Waals surface area contributed by atoms with Gasteiger partial charge in [0.15, 0.2) is 0 Å². The molecule has 0 saturated carbocycles. The van der Waals surface area contributed by atoms with Crippen LogP contribution in [-0.4, -0.2) is 20.9 Å². The number of hydrogen-bond donors (Lipinski definition) is 2. The molecule has 0 spiro atoms. The van der Waals surface area contributed by atoms with E-state index in [0.29, 0.717) is 16.4 Å². The quantitative estimate of drug-likeness (QED) is 0.711. The average molecular weight is 287 g/mol. The van der Waals surface area contributed by atoms with Crippen LogP contribution in [0, 0.1) is 6.92 Å². The van der Waals surface area contributed by atoms with Crippen LogP contribution >= 0.6 is 11.6 Å². The maximum absolute atomic E-state index is 12.2. The van der Waals surface area contributed by atoms with Crippen molar-refractivity contribution in [1.82, 2.24) is 15.0 Å². The van der Waals surface area contributed by atoms with E-state index in [1.54, 1.807) is 30.6 Å². The largest absolute Gasteiger partial charge is 0.345 e.